The van der Waals surface area contributed by atoms with E-state index in [4.69, 9.17) is 5.73 Å². The normalized spacial score (nSPS) is 13.0. The quantitative estimate of drug-likeness (QED) is 0.847. The Kier molecular flexibility index (Phi) is 3.51. The zero-order chi connectivity index (χ0) is 10.0. The monoisotopic (exact) mass is 241 g/mol. The Morgan fingerprint density at radius 3 is 2.54 bits per heavy atom. The van der Waals surface area contributed by atoms with Gasteiger partial charge < -0.3 is 5.73 Å². The van der Waals surface area contributed by atoms with Crippen molar-refractivity contribution in [2.75, 3.05) is 0 Å². The van der Waals surface area contributed by atoms with Gasteiger partial charge in [-0.25, -0.2) is 0 Å². The van der Waals surface area contributed by atoms with Crippen LogP contribution in [-0.4, -0.2) is 6.04 Å². The van der Waals surface area contributed by atoms with E-state index in [0.29, 0.717) is 0 Å². The first-order valence-electron chi connectivity index (χ1n) is 4.52. The van der Waals surface area contributed by atoms with Gasteiger partial charge >= 0.3 is 0 Å². The fraction of sp³-hybridized carbons (Fsp3) is 0.455. The Hall–Kier alpha value is -0.340. The van der Waals surface area contributed by atoms with Crippen molar-refractivity contribution in [1.82, 2.24) is 0 Å². The lowest BCUT2D eigenvalue weighted by Crippen LogP contribution is -2.18. The third-order valence-corrected chi connectivity index (χ3v) is 2.96. The Morgan fingerprint density at radius 1 is 1.38 bits per heavy atom. The molecule has 1 atom stereocenters. The number of aryl methyl sites for hydroxylation is 1. The van der Waals surface area contributed by atoms with Gasteiger partial charge in [0, 0.05) is 10.5 Å². The summed E-state index contributed by atoms with van der Waals surface area (Å²) < 4.78 is 1.18. The van der Waals surface area contributed by atoms with E-state index in [1.54, 1.807) is 0 Å². The number of rotatable bonds is 2. The first-order valence-corrected chi connectivity index (χ1v) is 5.31. The Balaban J connectivity index is 3.05. The highest BCUT2D eigenvalue weighted by molar-refractivity contribution is 9.10. The summed E-state index contributed by atoms with van der Waals surface area (Å²) in [5.74, 6) is 0. The maximum atomic E-state index is 5.78. The molecule has 72 valence electrons. The van der Waals surface area contributed by atoms with Crippen molar-refractivity contribution in [2.24, 2.45) is 5.73 Å². The summed E-state index contributed by atoms with van der Waals surface area (Å²) in [6.45, 7) is 6.27. The second-order valence-corrected chi connectivity index (χ2v) is 4.57. The van der Waals surface area contributed by atoms with Crippen LogP contribution in [0.1, 0.15) is 23.6 Å². The predicted octanol–water partition coefficient (Wildman–Crippen LogP) is 2.96. The summed E-state index contributed by atoms with van der Waals surface area (Å²) in [6, 6.07) is 4.58. The summed E-state index contributed by atoms with van der Waals surface area (Å²) in [4.78, 5) is 0. The number of nitrogens with two attached hydrogens (primary N) is 1. The highest BCUT2D eigenvalue weighted by Crippen LogP contribution is 2.22. The minimum atomic E-state index is 0.229. The van der Waals surface area contributed by atoms with Crippen LogP contribution in [0.25, 0.3) is 0 Å². The second-order valence-electron chi connectivity index (χ2n) is 3.71. The Morgan fingerprint density at radius 2 is 2.00 bits per heavy atom. The van der Waals surface area contributed by atoms with E-state index >= 15 is 0 Å². The average molecular weight is 242 g/mol. The van der Waals surface area contributed by atoms with Crippen LogP contribution in [0.3, 0.4) is 0 Å². The van der Waals surface area contributed by atoms with Crippen LogP contribution in [0, 0.1) is 13.8 Å². The van der Waals surface area contributed by atoms with Crippen molar-refractivity contribution >= 4 is 15.9 Å². The van der Waals surface area contributed by atoms with Crippen LogP contribution in [0.15, 0.2) is 16.6 Å². The minimum Gasteiger partial charge on any atom is -0.328 e. The van der Waals surface area contributed by atoms with Crippen molar-refractivity contribution in [3.8, 4) is 0 Å². The van der Waals surface area contributed by atoms with E-state index in [-0.39, 0.29) is 6.04 Å². The minimum absolute atomic E-state index is 0.229. The lowest BCUT2D eigenvalue weighted by atomic mass is 10.00. The van der Waals surface area contributed by atoms with Gasteiger partial charge in [-0.05, 0) is 49.9 Å². The molecule has 1 nitrogen and oxygen atoms in total. The molecule has 1 unspecified atom stereocenters. The van der Waals surface area contributed by atoms with Gasteiger partial charge in [0.15, 0.2) is 0 Å². The molecule has 0 fully saturated rings. The van der Waals surface area contributed by atoms with E-state index in [2.05, 4.69) is 41.9 Å². The van der Waals surface area contributed by atoms with Crippen LogP contribution in [0.5, 0.6) is 0 Å². The molecule has 0 saturated carbocycles. The van der Waals surface area contributed by atoms with Gasteiger partial charge in [-0.2, -0.15) is 0 Å². The Labute approximate surface area is 88.5 Å². The summed E-state index contributed by atoms with van der Waals surface area (Å²) in [7, 11) is 0. The molecule has 1 aromatic rings. The summed E-state index contributed by atoms with van der Waals surface area (Å²) in [6.07, 6.45) is 0.951. The van der Waals surface area contributed by atoms with Gasteiger partial charge in [0.1, 0.15) is 0 Å². The van der Waals surface area contributed by atoms with Gasteiger partial charge in [0.25, 0.3) is 0 Å². The molecule has 0 saturated heterocycles. The molecule has 0 aromatic heterocycles. The third-order valence-electron chi connectivity index (χ3n) is 2.14. The highest BCUT2D eigenvalue weighted by atomic mass is 79.9. The SMILES string of the molecule is Cc1cc(Br)c(C)c(CC(C)N)c1. The summed E-state index contributed by atoms with van der Waals surface area (Å²) in [5.41, 5.74) is 9.72. The molecule has 2 heteroatoms. The molecule has 0 aliphatic carbocycles. The smallest absolute Gasteiger partial charge is 0.0209 e. The van der Waals surface area contributed by atoms with E-state index in [0.717, 1.165) is 6.42 Å². The lowest BCUT2D eigenvalue weighted by Gasteiger charge is -2.11. The molecule has 0 aliphatic rings. The van der Waals surface area contributed by atoms with E-state index in [9.17, 15) is 0 Å². The van der Waals surface area contributed by atoms with E-state index in [1.165, 1.54) is 21.2 Å². The molecule has 0 amide bonds. The molecule has 13 heavy (non-hydrogen) atoms. The molecule has 0 spiro atoms. The number of hydrogen-bond donors (Lipinski definition) is 1. The fourth-order valence-corrected chi connectivity index (χ4v) is 2.06. The van der Waals surface area contributed by atoms with Gasteiger partial charge in [-0.3, -0.25) is 0 Å². The molecular weight excluding hydrogens is 226 g/mol. The van der Waals surface area contributed by atoms with Gasteiger partial charge in [-0.1, -0.05) is 22.0 Å². The number of halogens is 1. The largest absolute Gasteiger partial charge is 0.328 e. The van der Waals surface area contributed by atoms with Crippen molar-refractivity contribution in [1.29, 1.82) is 0 Å². The van der Waals surface area contributed by atoms with Crippen molar-refractivity contribution in [3.63, 3.8) is 0 Å². The van der Waals surface area contributed by atoms with E-state index in [1.807, 2.05) is 6.92 Å². The number of benzene rings is 1. The van der Waals surface area contributed by atoms with Crippen molar-refractivity contribution < 1.29 is 0 Å². The van der Waals surface area contributed by atoms with Crippen LogP contribution in [0.2, 0.25) is 0 Å². The standard InChI is InChI=1S/C11H16BrN/c1-7-4-10(6-8(2)13)9(3)11(12)5-7/h4-5,8H,6,13H2,1-3H3. The average Bonchev–Trinajstić information content (AvgIpc) is 1.98. The van der Waals surface area contributed by atoms with Crippen LogP contribution < -0.4 is 5.73 Å². The summed E-state index contributed by atoms with van der Waals surface area (Å²) in [5, 5.41) is 0. The van der Waals surface area contributed by atoms with E-state index < -0.39 is 0 Å². The Bertz CT molecular complexity index is 305. The second kappa shape index (κ2) is 4.25. The highest BCUT2D eigenvalue weighted by Gasteiger charge is 2.05. The molecule has 2 N–H and O–H groups in total. The van der Waals surface area contributed by atoms with Gasteiger partial charge in [-0.15, -0.1) is 0 Å². The van der Waals surface area contributed by atoms with Crippen molar-refractivity contribution in [3.05, 3.63) is 33.3 Å². The molecule has 1 aromatic carbocycles. The lowest BCUT2D eigenvalue weighted by molar-refractivity contribution is 0.734. The first kappa shape index (κ1) is 10.7. The third kappa shape index (κ3) is 2.82. The molecular formula is C11H16BrN. The fourth-order valence-electron chi connectivity index (χ4n) is 1.45. The molecule has 0 radical (unpaired) electrons. The van der Waals surface area contributed by atoms with Crippen LogP contribution in [0.4, 0.5) is 0 Å². The van der Waals surface area contributed by atoms with Crippen LogP contribution >= 0.6 is 15.9 Å². The topological polar surface area (TPSA) is 26.0 Å². The molecule has 0 aliphatic heterocycles. The first-order chi connectivity index (χ1) is 6.00. The van der Waals surface area contributed by atoms with Gasteiger partial charge in [0.05, 0.1) is 0 Å². The zero-order valence-electron chi connectivity index (χ0n) is 8.39. The maximum absolute atomic E-state index is 5.78. The van der Waals surface area contributed by atoms with Gasteiger partial charge in [0.2, 0.25) is 0 Å². The molecule has 0 bridgehead atoms. The summed E-state index contributed by atoms with van der Waals surface area (Å²) >= 11 is 3.55. The number of hydrogen-bond acceptors (Lipinski definition) is 1. The van der Waals surface area contributed by atoms with Crippen LogP contribution in [-0.2, 0) is 6.42 Å². The van der Waals surface area contributed by atoms with Crippen molar-refractivity contribution in [2.45, 2.75) is 33.2 Å². The maximum Gasteiger partial charge on any atom is 0.0209 e. The molecule has 0 heterocycles. The zero-order valence-corrected chi connectivity index (χ0v) is 9.98. The molecule has 1 rings (SSSR count). The predicted molar refractivity (Wildman–Crippen MR) is 61.0 cm³/mol.